The molecule has 0 unspecified atom stereocenters. The van der Waals surface area contributed by atoms with Crippen LogP contribution >= 0.6 is 12.4 Å². The molecule has 0 aromatic heterocycles. The third-order valence-electron chi connectivity index (χ3n) is 2.67. The van der Waals surface area contributed by atoms with Crippen LogP contribution in [-0.2, 0) is 0 Å². The molecule has 0 saturated carbocycles. The number of nitrogens with two attached hydrogens (primary N) is 2. The smallest absolute Gasteiger partial charge is 0.0226 e. The molecule has 0 amide bonds. The van der Waals surface area contributed by atoms with Crippen molar-refractivity contribution in [3.05, 3.63) is 0 Å². The van der Waals surface area contributed by atoms with Crippen molar-refractivity contribution in [2.75, 3.05) is 26.2 Å². The summed E-state index contributed by atoms with van der Waals surface area (Å²) < 4.78 is 0. The van der Waals surface area contributed by atoms with Crippen LogP contribution < -0.4 is 11.5 Å². The highest BCUT2D eigenvalue weighted by Crippen LogP contribution is 2.16. The van der Waals surface area contributed by atoms with Gasteiger partial charge in [-0.3, -0.25) is 0 Å². The summed E-state index contributed by atoms with van der Waals surface area (Å²) >= 11 is 0. The molecule has 1 rings (SSSR count). The molecule has 1 saturated heterocycles. The van der Waals surface area contributed by atoms with E-state index in [0.717, 1.165) is 19.0 Å². The molecule has 0 bridgehead atoms. The summed E-state index contributed by atoms with van der Waals surface area (Å²) in [6.45, 7) is 8.36. The lowest BCUT2D eigenvalue weighted by atomic mass is 9.95. The van der Waals surface area contributed by atoms with Crippen molar-refractivity contribution in [3.63, 3.8) is 0 Å². The molecular weight excluding hydrogens is 198 g/mol. The lowest BCUT2D eigenvalue weighted by Crippen LogP contribution is -2.48. The molecule has 1 aliphatic rings. The zero-order chi connectivity index (χ0) is 9.90. The number of hydrogen-bond donors (Lipinski definition) is 2. The van der Waals surface area contributed by atoms with E-state index in [1.165, 1.54) is 25.9 Å². The van der Waals surface area contributed by atoms with E-state index in [-0.39, 0.29) is 17.9 Å². The molecule has 1 aliphatic heterocycles. The topological polar surface area (TPSA) is 55.3 Å². The van der Waals surface area contributed by atoms with Crippen molar-refractivity contribution in [2.24, 2.45) is 17.4 Å². The molecule has 0 aromatic carbocycles. The Hall–Kier alpha value is 0.170. The molecule has 14 heavy (non-hydrogen) atoms. The highest BCUT2D eigenvalue weighted by atomic mass is 35.5. The lowest BCUT2D eigenvalue weighted by molar-refractivity contribution is 0.160. The van der Waals surface area contributed by atoms with Crippen LogP contribution in [-0.4, -0.2) is 36.6 Å². The van der Waals surface area contributed by atoms with E-state index in [2.05, 4.69) is 18.7 Å². The number of nitrogens with zero attached hydrogens (tertiary/aromatic N) is 1. The summed E-state index contributed by atoms with van der Waals surface area (Å²) in [5.41, 5.74) is 11.5. The molecule has 3 nitrogen and oxygen atoms in total. The van der Waals surface area contributed by atoms with Gasteiger partial charge in [0.15, 0.2) is 0 Å². The van der Waals surface area contributed by atoms with Gasteiger partial charge in [0.1, 0.15) is 0 Å². The van der Waals surface area contributed by atoms with Crippen molar-refractivity contribution < 1.29 is 0 Å². The highest BCUT2D eigenvalue weighted by molar-refractivity contribution is 5.85. The summed E-state index contributed by atoms with van der Waals surface area (Å²) in [4.78, 5) is 2.45. The van der Waals surface area contributed by atoms with Gasteiger partial charge in [-0.25, -0.2) is 0 Å². The Morgan fingerprint density at radius 2 is 1.79 bits per heavy atom. The van der Waals surface area contributed by atoms with Gasteiger partial charge in [-0.05, 0) is 52.2 Å². The molecule has 4 heteroatoms. The first-order valence-corrected chi connectivity index (χ1v) is 5.22. The van der Waals surface area contributed by atoms with Gasteiger partial charge in [0, 0.05) is 12.1 Å². The normalized spacial score (nSPS) is 20.6. The maximum Gasteiger partial charge on any atom is 0.0226 e. The van der Waals surface area contributed by atoms with Gasteiger partial charge in [0.2, 0.25) is 0 Å². The second kappa shape index (κ2) is 5.91. The van der Waals surface area contributed by atoms with Gasteiger partial charge in [0.05, 0.1) is 0 Å². The summed E-state index contributed by atoms with van der Waals surface area (Å²) in [5, 5.41) is 0. The van der Waals surface area contributed by atoms with Gasteiger partial charge < -0.3 is 16.4 Å². The molecule has 0 radical (unpaired) electrons. The first-order valence-electron chi connectivity index (χ1n) is 5.22. The van der Waals surface area contributed by atoms with Crippen LogP contribution in [0.4, 0.5) is 0 Å². The minimum Gasteiger partial charge on any atom is -0.330 e. The summed E-state index contributed by atoms with van der Waals surface area (Å²) in [5.74, 6) is 0.747. The maximum atomic E-state index is 5.97. The number of likely N-dealkylation sites (tertiary alicyclic amines) is 1. The first-order chi connectivity index (χ1) is 6.01. The summed E-state index contributed by atoms with van der Waals surface area (Å²) in [6, 6.07) is 0. The fourth-order valence-electron chi connectivity index (χ4n) is 1.96. The molecule has 4 N–H and O–H groups in total. The van der Waals surface area contributed by atoms with Gasteiger partial charge >= 0.3 is 0 Å². The van der Waals surface area contributed by atoms with Crippen LogP contribution in [0.5, 0.6) is 0 Å². The predicted octanol–water partition coefficient (Wildman–Crippen LogP) is 0.816. The van der Waals surface area contributed by atoms with Crippen molar-refractivity contribution in [3.8, 4) is 0 Å². The first kappa shape index (κ1) is 14.2. The van der Waals surface area contributed by atoms with Gasteiger partial charge in [-0.2, -0.15) is 0 Å². The van der Waals surface area contributed by atoms with Crippen molar-refractivity contribution in [1.82, 2.24) is 4.90 Å². The Morgan fingerprint density at radius 1 is 1.29 bits per heavy atom. The molecular formula is C10H24ClN3. The fraction of sp³-hybridized carbons (Fsp3) is 1.00. The average molecular weight is 222 g/mol. The number of halogens is 1. The van der Waals surface area contributed by atoms with E-state index < -0.39 is 0 Å². The summed E-state index contributed by atoms with van der Waals surface area (Å²) in [6.07, 6.45) is 2.49. The van der Waals surface area contributed by atoms with E-state index in [1.54, 1.807) is 0 Å². The Morgan fingerprint density at radius 3 is 2.14 bits per heavy atom. The molecule has 0 atom stereocenters. The second-order valence-corrected chi connectivity index (χ2v) is 4.94. The van der Waals surface area contributed by atoms with E-state index in [9.17, 15) is 0 Å². The largest absolute Gasteiger partial charge is 0.330 e. The minimum absolute atomic E-state index is 0. The van der Waals surface area contributed by atoms with Crippen LogP contribution in [0.15, 0.2) is 0 Å². The van der Waals surface area contributed by atoms with E-state index in [4.69, 9.17) is 11.5 Å². The Labute approximate surface area is 93.6 Å². The van der Waals surface area contributed by atoms with Crippen molar-refractivity contribution in [2.45, 2.75) is 32.2 Å². The molecule has 86 valence electrons. The number of rotatable bonds is 3. The van der Waals surface area contributed by atoms with Crippen LogP contribution in [0.1, 0.15) is 26.7 Å². The Bertz CT molecular complexity index is 148. The second-order valence-electron chi connectivity index (χ2n) is 4.94. The molecule has 1 heterocycles. The molecule has 0 aliphatic carbocycles. The SMILES string of the molecule is CC(C)(N)CN1CCC(CN)CC1.Cl. The van der Waals surface area contributed by atoms with Crippen LogP contribution in [0.25, 0.3) is 0 Å². The minimum atomic E-state index is -0.0600. The van der Waals surface area contributed by atoms with Crippen LogP contribution in [0, 0.1) is 5.92 Å². The number of hydrogen-bond acceptors (Lipinski definition) is 3. The van der Waals surface area contributed by atoms with Gasteiger partial charge in [-0.1, -0.05) is 0 Å². The van der Waals surface area contributed by atoms with Crippen molar-refractivity contribution in [1.29, 1.82) is 0 Å². The Kier molecular flexibility index (Phi) is 5.98. The fourth-order valence-corrected chi connectivity index (χ4v) is 1.96. The van der Waals surface area contributed by atoms with Crippen molar-refractivity contribution >= 4 is 12.4 Å². The van der Waals surface area contributed by atoms with E-state index in [1.807, 2.05) is 0 Å². The summed E-state index contributed by atoms with van der Waals surface area (Å²) in [7, 11) is 0. The van der Waals surface area contributed by atoms with Gasteiger partial charge in [-0.15, -0.1) is 12.4 Å². The lowest BCUT2D eigenvalue weighted by Gasteiger charge is -2.35. The molecule has 1 fully saturated rings. The monoisotopic (exact) mass is 221 g/mol. The van der Waals surface area contributed by atoms with Gasteiger partial charge in [0.25, 0.3) is 0 Å². The highest BCUT2D eigenvalue weighted by Gasteiger charge is 2.22. The third kappa shape index (κ3) is 5.15. The maximum absolute atomic E-state index is 5.97. The van der Waals surface area contributed by atoms with E-state index >= 15 is 0 Å². The Balaban J connectivity index is 0.00000169. The molecule has 0 spiro atoms. The standard InChI is InChI=1S/C10H23N3.ClH/c1-10(2,12)8-13-5-3-9(7-11)4-6-13;/h9H,3-8,11-12H2,1-2H3;1H. The quantitative estimate of drug-likeness (QED) is 0.742. The zero-order valence-electron chi connectivity index (χ0n) is 9.33. The third-order valence-corrected chi connectivity index (χ3v) is 2.67. The zero-order valence-corrected chi connectivity index (χ0v) is 10.1. The van der Waals surface area contributed by atoms with E-state index in [0.29, 0.717) is 0 Å². The predicted molar refractivity (Wildman–Crippen MR) is 63.7 cm³/mol. The molecule has 0 aromatic rings. The number of piperidine rings is 1. The van der Waals surface area contributed by atoms with Crippen LogP contribution in [0.2, 0.25) is 0 Å². The average Bonchev–Trinajstić information content (AvgIpc) is 2.03. The van der Waals surface area contributed by atoms with Crippen LogP contribution in [0.3, 0.4) is 0 Å².